The molecule has 102 valence electrons. The highest BCUT2D eigenvalue weighted by Gasteiger charge is 2.29. The predicted octanol–water partition coefficient (Wildman–Crippen LogP) is 1.60. The summed E-state index contributed by atoms with van der Waals surface area (Å²) in [5, 5.41) is 8.68. The van der Waals surface area contributed by atoms with Crippen LogP contribution in [0.4, 0.5) is 0 Å². The van der Waals surface area contributed by atoms with Crippen molar-refractivity contribution in [3.8, 4) is 0 Å². The second kappa shape index (κ2) is 6.71. The SMILES string of the molecule is CC1CCCC(N(C)S(=O)(=O)CCCCO)C1. The van der Waals surface area contributed by atoms with E-state index in [4.69, 9.17) is 5.11 Å². The number of hydrogen-bond acceptors (Lipinski definition) is 3. The maximum Gasteiger partial charge on any atom is 0.214 e. The van der Waals surface area contributed by atoms with E-state index >= 15 is 0 Å². The van der Waals surface area contributed by atoms with Crippen molar-refractivity contribution in [2.75, 3.05) is 19.4 Å². The maximum absolute atomic E-state index is 12.1. The monoisotopic (exact) mass is 263 g/mol. The average Bonchev–Trinajstić information content (AvgIpc) is 2.28. The molecule has 1 fully saturated rings. The largest absolute Gasteiger partial charge is 0.396 e. The molecule has 0 aromatic rings. The normalized spacial score (nSPS) is 26.4. The van der Waals surface area contributed by atoms with Gasteiger partial charge in [-0.3, -0.25) is 0 Å². The van der Waals surface area contributed by atoms with Gasteiger partial charge in [0.25, 0.3) is 0 Å². The highest BCUT2D eigenvalue weighted by Crippen LogP contribution is 2.28. The summed E-state index contributed by atoms with van der Waals surface area (Å²) in [5.74, 6) is 0.790. The van der Waals surface area contributed by atoms with Gasteiger partial charge < -0.3 is 5.11 Å². The molecule has 0 saturated heterocycles. The van der Waals surface area contributed by atoms with E-state index < -0.39 is 10.0 Å². The van der Waals surface area contributed by atoms with Gasteiger partial charge in [-0.2, -0.15) is 0 Å². The smallest absolute Gasteiger partial charge is 0.214 e. The Morgan fingerprint density at radius 3 is 2.59 bits per heavy atom. The third-order valence-corrected chi connectivity index (χ3v) is 5.65. The van der Waals surface area contributed by atoms with Crippen LogP contribution in [0.1, 0.15) is 45.4 Å². The van der Waals surface area contributed by atoms with Crippen LogP contribution >= 0.6 is 0 Å². The lowest BCUT2D eigenvalue weighted by Crippen LogP contribution is -2.40. The second-order valence-electron chi connectivity index (χ2n) is 5.19. The summed E-state index contributed by atoms with van der Waals surface area (Å²) in [5.41, 5.74) is 0. The Hall–Kier alpha value is -0.130. The fourth-order valence-electron chi connectivity index (χ4n) is 2.50. The van der Waals surface area contributed by atoms with E-state index in [9.17, 15) is 8.42 Å². The van der Waals surface area contributed by atoms with E-state index in [-0.39, 0.29) is 18.4 Å². The van der Waals surface area contributed by atoms with Crippen LogP contribution in [0.2, 0.25) is 0 Å². The van der Waals surface area contributed by atoms with Gasteiger partial charge in [-0.05, 0) is 31.6 Å². The molecule has 5 heteroatoms. The lowest BCUT2D eigenvalue weighted by Gasteiger charge is -2.33. The molecule has 0 bridgehead atoms. The molecule has 0 aromatic carbocycles. The van der Waals surface area contributed by atoms with Gasteiger partial charge in [0.2, 0.25) is 10.0 Å². The summed E-state index contributed by atoms with van der Waals surface area (Å²) in [4.78, 5) is 0. The quantitative estimate of drug-likeness (QED) is 0.741. The first-order valence-electron chi connectivity index (χ1n) is 6.54. The number of rotatable bonds is 6. The number of aliphatic hydroxyl groups excluding tert-OH is 1. The highest BCUT2D eigenvalue weighted by molar-refractivity contribution is 7.89. The molecule has 0 heterocycles. The number of aliphatic hydroxyl groups is 1. The van der Waals surface area contributed by atoms with Crippen molar-refractivity contribution >= 4 is 10.0 Å². The molecular formula is C12H25NO3S. The van der Waals surface area contributed by atoms with Crippen LogP contribution in [-0.2, 0) is 10.0 Å². The van der Waals surface area contributed by atoms with Gasteiger partial charge >= 0.3 is 0 Å². The fraction of sp³-hybridized carbons (Fsp3) is 1.00. The molecule has 0 aromatic heterocycles. The second-order valence-corrected chi connectivity index (χ2v) is 7.34. The van der Waals surface area contributed by atoms with Crippen LogP contribution in [0.3, 0.4) is 0 Å². The lowest BCUT2D eigenvalue weighted by atomic mass is 9.87. The van der Waals surface area contributed by atoms with Crippen LogP contribution in [0.5, 0.6) is 0 Å². The van der Waals surface area contributed by atoms with Gasteiger partial charge in [-0.25, -0.2) is 12.7 Å². The number of sulfonamides is 1. The van der Waals surface area contributed by atoms with E-state index in [1.54, 1.807) is 11.4 Å². The Morgan fingerprint density at radius 2 is 2.00 bits per heavy atom. The predicted molar refractivity (Wildman–Crippen MR) is 69.3 cm³/mol. The van der Waals surface area contributed by atoms with E-state index in [0.717, 1.165) is 19.3 Å². The van der Waals surface area contributed by atoms with E-state index in [1.807, 2.05) is 0 Å². The molecule has 2 atom stereocenters. The molecular weight excluding hydrogens is 238 g/mol. The van der Waals surface area contributed by atoms with Gasteiger partial charge in [-0.1, -0.05) is 19.8 Å². The summed E-state index contributed by atoms with van der Waals surface area (Å²) in [6.45, 7) is 2.26. The molecule has 1 aliphatic carbocycles. The number of hydrogen-bond donors (Lipinski definition) is 1. The Labute approximate surface area is 105 Å². The topological polar surface area (TPSA) is 57.6 Å². The Morgan fingerprint density at radius 1 is 1.29 bits per heavy atom. The van der Waals surface area contributed by atoms with Crippen molar-refractivity contribution in [2.24, 2.45) is 5.92 Å². The molecule has 1 rings (SSSR count). The summed E-state index contributed by atoms with van der Waals surface area (Å²) in [7, 11) is -1.43. The standard InChI is InChI=1S/C12H25NO3S/c1-11-6-5-7-12(10-11)13(2)17(15,16)9-4-3-8-14/h11-12,14H,3-10H2,1-2H3. The minimum Gasteiger partial charge on any atom is -0.396 e. The van der Waals surface area contributed by atoms with Crippen LogP contribution in [0.25, 0.3) is 0 Å². The number of nitrogens with zero attached hydrogens (tertiary/aromatic N) is 1. The van der Waals surface area contributed by atoms with Gasteiger partial charge in [0, 0.05) is 19.7 Å². The van der Waals surface area contributed by atoms with Crippen LogP contribution in [0.15, 0.2) is 0 Å². The van der Waals surface area contributed by atoms with Crippen molar-refractivity contribution in [2.45, 2.75) is 51.5 Å². The molecule has 1 aliphatic rings. The third kappa shape index (κ3) is 4.56. The van der Waals surface area contributed by atoms with Gasteiger partial charge in [-0.15, -0.1) is 0 Å². The summed E-state index contributed by atoms with van der Waals surface area (Å²) < 4.78 is 25.7. The molecule has 17 heavy (non-hydrogen) atoms. The van der Waals surface area contributed by atoms with Gasteiger partial charge in [0.05, 0.1) is 5.75 Å². The zero-order valence-corrected chi connectivity index (χ0v) is 11.7. The van der Waals surface area contributed by atoms with Crippen molar-refractivity contribution in [3.63, 3.8) is 0 Å². The average molecular weight is 263 g/mol. The van der Waals surface area contributed by atoms with Crippen LogP contribution < -0.4 is 0 Å². The molecule has 0 amide bonds. The van der Waals surface area contributed by atoms with Crippen LogP contribution in [0, 0.1) is 5.92 Å². The maximum atomic E-state index is 12.1. The van der Waals surface area contributed by atoms with Crippen molar-refractivity contribution in [1.29, 1.82) is 0 Å². The van der Waals surface area contributed by atoms with Gasteiger partial charge in [0.15, 0.2) is 0 Å². The fourth-order valence-corrected chi connectivity index (χ4v) is 4.00. The Balaban J connectivity index is 2.51. The van der Waals surface area contributed by atoms with Crippen molar-refractivity contribution in [3.05, 3.63) is 0 Å². The molecule has 0 radical (unpaired) electrons. The highest BCUT2D eigenvalue weighted by atomic mass is 32.2. The van der Waals surface area contributed by atoms with E-state index in [2.05, 4.69) is 6.92 Å². The molecule has 1 N–H and O–H groups in total. The number of unbranched alkanes of at least 4 members (excludes halogenated alkanes) is 1. The first-order valence-corrected chi connectivity index (χ1v) is 8.15. The molecule has 0 spiro atoms. The molecule has 2 unspecified atom stereocenters. The first kappa shape index (κ1) is 14.9. The lowest BCUT2D eigenvalue weighted by molar-refractivity contribution is 0.238. The van der Waals surface area contributed by atoms with Crippen LogP contribution in [-0.4, -0.2) is 43.3 Å². The molecule has 1 saturated carbocycles. The Bertz CT molecular complexity index is 316. The zero-order chi connectivity index (χ0) is 12.9. The summed E-state index contributed by atoms with van der Waals surface area (Å²) >= 11 is 0. The van der Waals surface area contributed by atoms with E-state index in [0.29, 0.717) is 18.8 Å². The van der Waals surface area contributed by atoms with Gasteiger partial charge in [0.1, 0.15) is 0 Å². The summed E-state index contributed by atoms with van der Waals surface area (Å²) in [6.07, 6.45) is 5.42. The first-order chi connectivity index (χ1) is 7.97. The van der Waals surface area contributed by atoms with Crippen molar-refractivity contribution < 1.29 is 13.5 Å². The minimum atomic E-state index is -3.13. The minimum absolute atomic E-state index is 0.0691. The molecule has 0 aliphatic heterocycles. The van der Waals surface area contributed by atoms with E-state index in [1.165, 1.54) is 6.42 Å². The molecule has 4 nitrogen and oxygen atoms in total. The van der Waals surface area contributed by atoms with Crippen molar-refractivity contribution in [1.82, 2.24) is 4.31 Å². The summed E-state index contributed by atoms with van der Waals surface area (Å²) in [6, 6.07) is 0.179. The Kier molecular flexibility index (Phi) is 5.89. The third-order valence-electron chi connectivity index (χ3n) is 3.67. The zero-order valence-electron chi connectivity index (χ0n) is 10.9.